The molecule has 0 saturated heterocycles. The summed E-state index contributed by atoms with van der Waals surface area (Å²) in [7, 11) is -3.42. The zero-order chi connectivity index (χ0) is 17.3. The Morgan fingerprint density at radius 1 is 1.08 bits per heavy atom. The first-order valence-electron chi connectivity index (χ1n) is 7.53. The number of rotatable bonds is 4. The van der Waals surface area contributed by atoms with Crippen LogP contribution >= 0.6 is 23.4 Å². The highest BCUT2D eigenvalue weighted by molar-refractivity contribution is 8.27. The highest BCUT2D eigenvalue weighted by Gasteiger charge is 2.41. The Kier molecular flexibility index (Phi) is 5.97. The number of anilines is 3. The minimum Gasteiger partial charge on any atom is -0.327 e. The van der Waals surface area contributed by atoms with Gasteiger partial charge in [0, 0.05) is 6.54 Å². The van der Waals surface area contributed by atoms with E-state index >= 15 is 0 Å². The number of fused-ring (bicyclic) bond motifs is 1. The van der Waals surface area contributed by atoms with Crippen molar-refractivity contribution in [1.29, 1.82) is 0 Å². The predicted octanol–water partition coefficient (Wildman–Crippen LogP) is 4.61. The zero-order valence-corrected chi connectivity index (χ0v) is 15.3. The molecule has 0 fully saturated rings. The minimum atomic E-state index is -3.42. The maximum Gasteiger partial charge on any atom is 0.148 e. The molecule has 0 bridgehead atoms. The lowest BCUT2D eigenvalue weighted by atomic mass is 10.2. The molecule has 0 aromatic heterocycles. The number of para-hydroxylation sites is 2. The lowest BCUT2D eigenvalue weighted by Crippen LogP contribution is -2.31. The second-order valence-corrected chi connectivity index (χ2v) is 7.28. The second-order valence-electron chi connectivity index (χ2n) is 5.50. The smallest absolute Gasteiger partial charge is 0.148 e. The number of hydrogen-bond acceptors (Lipinski definition) is 5. The average Bonchev–Trinajstić information content (AvgIpc) is 2.76. The fourth-order valence-electron chi connectivity index (χ4n) is 2.71. The normalized spacial score (nSPS) is 16.7. The Labute approximate surface area is 154 Å². The van der Waals surface area contributed by atoms with Crippen molar-refractivity contribution in [3.8, 4) is 0 Å². The van der Waals surface area contributed by atoms with E-state index in [2.05, 4.69) is 0 Å². The Hall–Kier alpha value is -1.77. The van der Waals surface area contributed by atoms with Gasteiger partial charge in [0.25, 0.3) is 0 Å². The predicted molar refractivity (Wildman–Crippen MR) is 105 cm³/mol. The molecule has 4 N–H and O–H groups in total. The molecule has 0 amide bonds. The van der Waals surface area contributed by atoms with Crippen LogP contribution in [0.25, 0.3) is 0 Å². The first-order chi connectivity index (χ1) is 11.5. The topological polar surface area (TPSA) is 73.0 Å². The fraction of sp³-hybridized carbons (Fsp3) is 0.176. The van der Waals surface area contributed by atoms with E-state index in [4.69, 9.17) is 5.73 Å². The van der Waals surface area contributed by atoms with Gasteiger partial charge < -0.3 is 5.73 Å². The quantitative estimate of drug-likeness (QED) is 0.670. The molecule has 25 heavy (non-hydrogen) atoms. The van der Waals surface area contributed by atoms with Crippen LogP contribution in [0.2, 0.25) is 0 Å². The maximum absolute atomic E-state index is 14.5. The summed E-state index contributed by atoms with van der Waals surface area (Å²) in [6, 6.07) is 11.8. The molecule has 3 rings (SSSR count). The number of hydrogen-bond donors (Lipinski definition) is 3. The van der Waals surface area contributed by atoms with E-state index in [9.17, 15) is 13.5 Å². The van der Waals surface area contributed by atoms with E-state index in [1.165, 1.54) is 14.7 Å². The number of benzene rings is 2. The summed E-state index contributed by atoms with van der Waals surface area (Å²) in [5, 5.41) is 0. The lowest BCUT2D eigenvalue weighted by Gasteiger charge is -2.43. The Bertz CT molecular complexity index is 788. The van der Waals surface area contributed by atoms with Crippen molar-refractivity contribution in [3.05, 3.63) is 66.0 Å². The van der Waals surface area contributed by atoms with E-state index in [0.29, 0.717) is 17.9 Å². The third-order valence-electron chi connectivity index (χ3n) is 3.81. The van der Waals surface area contributed by atoms with Gasteiger partial charge in [-0.15, -0.1) is 12.4 Å². The summed E-state index contributed by atoms with van der Waals surface area (Å²) in [5.74, 6) is -0.496. The molecule has 0 unspecified atom stereocenters. The molecule has 8 heteroatoms. The van der Waals surface area contributed by atoms with Gasteiger partial charge in [0.15, 0.2) is 0 Å². The summed E-state index contributed by atoms with van der Waals surface area (Å²) in [5.41, 5.74) is 7.54. The molecule has 5 nitrogen and oxygen atoms in total. The first kappa shape index (κ1) is 19.6. The van der Waals surface area contributed by atoms with Gasteiger partial charge in [0.1, 0.15) is 11.5 Å². The Morgan fingerprint density at radius 3 is 2.40 bits per heavy atom. The molecule has 1 aliphatic rings. The van der Waals surface area contributed by atoms with Crippen LogP contribution in [0.15, 0.2) is 54.6 Å². The van der Waals surface area contributed by atoms with Crippen LogP contribution in [-0.4, -0.2) is 22.2 Å². The lowest BCUT2D eigenvalue weighted by molar-refractivity contribution is 0.485. The standard InChI is InChI=1S/C17H20FN3O2S.ClH/c1-13-8-9-15(14(18)12-13)21-17-7-3-2-6-16(17)20(24(21,22)23)11-5-4-10-19;/h2-9,12,22-23H,10-11,19H2,1H3;1H. The van der Waals surface area contributed by atoms with Crippen molar-refractivity contribution in [2.75, 3.05) is 21.7 Å². The molecule has 2 aromatic carbocycles. The SMILES string of the molecule is Cc1ccc(N2c3ccccc3N(CC=CCN)S2(O)O)c(F)c1.Cl. The molecular weight excluding hydrogens is 365 g/mol. The summed E-state index contributed by atoms with van der Waals surface area (Å²) >= 11 is 0. The van der Waals surface area contributed by atoms with Crippen LogP contribution in [-0.2, 0) is 0 Å². The monoisotopic (exact) mass is 385 g/mol. The third kappa shape index (κ3) is 3.47. The maximum atomic E-state index is 14.5. The number of aryl methyl sites for hydroxylation is 1. The van der Waals surface area contributed by atoms with Crippen LogP contribution < -0.4 is 14.3 Å². The summed E-state index contributed by atoms with van der Waals surface area (Å²) < 4.78 is 38.9. The molecule has 0 saturated carbocycles. The van der Waals surface area contributed by atoms with Gasteiger partial charge in [-0.3, -0.25) is 9.11 Å². The Morgan fingerprint density at radius 2 is 1.76 bits per heavy atom. The van der Waals surface area contributed by atoms with Crippen molar-refractivity contribution >= 4 is 40.4 Å². The highest BCUT2D eigenvalue weighted by atomic mass is 35.5. The van der Waals surface area contributed by atoms with E-state index < -0.39 is 16.8 Å². The van der Waals surface area contributed by atoms with Crippen molar-refractivity contribution in [2.45, 2.75) is 6.92 Å². The van der Waals surface area contributed by atoms with E-state index in [1.807, 2.05) is 6.07 Å². The van der Waals surface area contributed by atoms with Gasteiger partial charge in [-0.25, -0.2) is 13.0 Å². The second kappa shape index (κ2) is 7.63. The molecule has 1 heterocycles. The van der Waals surface area contributed by atoms with E-state index in [0.717, 1.165) is 5.56 Å². The number of nitrogens with two attached hydrogens (primary N) is 1. The van der Waals surface area contributed by atoms with Gasteiger partial charge in [-0.1, -0.05) is 30.4 Å². The molecule has 0 atom stereocenters. The van der Waals surface area contributed by atoms with Crippen LogP contribution in [0.4, 0.5) is 21.5 Å². The number of nitrogens with zero attached hydrogens (tertiary/aromatic N) is 2. The molecule has 0 radical (unpaired) electrons. The van der Waals surface area contributed by atoms with E-state index in [1.54, 1.807) is 49.4 Å². The van der Waals surface area contributed by atoms with Crippen molar-refractivity contribution in [2.24, 2.45) is 5.73 Å². The molecule has 0 spiro atoms. The van der Waals surface area contributed by atoms with Gasteiger partial charge >= 0.3 is 0 Å². The van der Waals surface area contributed by atoms with Gasteiger partial charge in [0.05, 0.1) is 17.9 Å². The molecule has 2 aromatic rings. The molecule has 136 valence electrons. The van der Waals surface area contributed by atoms with Crippen LogP contribution in [0.5, 0.6) is 0 Å². The van der Waals surface area contributed by atoms with Crippen LogP contribution in [0.1, 0.15) is 5.56 Å². The van der Waals surface area contributed by atoms with Crippen molar-refractivity contribution in [1.82, 2.24) is 0 Å². The molecule has 0 aliphatic carbocycles. The first-order valence-corrected chi connectivity index (χ1v) is 8.99. The summed E-state index contributed by atoms with van der Waals surface area (Å²) in [6.45, 7) is 2.41. The molecule has 1 aliphatic heterocycles. The minimum absolute atomic E-state index is 0. The van der Waals surface area contributed by atoms with Gasteiger partial charge in [-0.2, -0.15) is 0 Å². The Balaban J connectivity index is 0.00000225. The highest BCUT2D eigenvalue weighted by Crippen LogP contribution is 2.64. The van der Waals surface area contributed by atoms with Crippen molar-refractivity contribution in [3.63, 3.8) is 0 Å². The fourth-order valence-corrected chi connectivity index (χ4v) is 4.44. The van der Waals surface area contributed by atoms with Crippen LogP contribution in [0, 0.1) is 12.7 Å². The van der Waals surface area contributed by atoms with Crippen LogP contribution in [0.3, 0.4) is 0 Å². The van der Waals surface area contributed by atoms with Gasteiger partial charge in [-0.05, 0) is 47.7 Å². The molecular formula is C17H21ClFN3O2S. The number of halogens is 2. The van der Waals surface area contributed by atoms with Gasteiger partial charge in [0.2, 0.25) is 0 Å². The van der Waals surface area contributed by atoms with Crippen molar-refractivity contribution < 1.29 is 13.5 Å². The largest absolute Gasteiger partial charge is 0.327 e. The third-order valence-corrected chi connectivity index (χ3v) is 5.63. The van der Waals surface area contributed by atoms with E-state index in [-0.39, 0.29) is 24.6 Å². The summed E-state index contributed by atoms with van der Waals surface area (Å²) in [4.78, 5) is 0. The summed E-state index contributed by atoms with van der Waals surface area (Å²) in [6.07, 6.45) is 3.51. The average molecular weight is 386 g/mol. The zero-order valence-electron chi connectivity index (χ0n) is 13.7.